The quantitative estimate of drug-likeness (QED) is 0.0261. The Balaban J connectivity index is 4.24. The number of rotatable bonds is 64. The van der Waals surface area contributed by atoms with Crippen LogP contribution in [-0.4, -0.2) is 37.2 Å². The Kier molecular flexibility index (Phi) is 65.1. The maximum absolute atomic E-state index is 12.9. The first-order valence-corrected chi connectivity index (χ1v) is 34.8. The average Bonchev–Trinajstić information content (AvgIpc) is 3.45. The molecule has 0 saturated heterocycles. The van der Waals surface area contributed by atoms with Crippen LogP contribution in [0, 0.1) is 0 Å². The second-order valence-electron chi connectivity index (χ2n) is 23.4. The Labute approximate surface area is 491 Å². The molecule has 6 nitrogen and oxygen atoms in total. The summed E-state index contributed by atoms with van der Waals surface area (Å²) in [6, 6.07) is 0. The Morgan fingerprint density at radius 2 is 0.456 bits per heavy atom. The van der Waals surface area contributed by atoms with E-state index in [1.165, 1.54) is 238 Å². The van der Waals surface area contributed by atoms with Crippen LogP contribution >= 0.6 is 0 Å². The van der Waals surface area contributed by atoms with Crippen LogP contribution in [0.3, 0.4) is 0 Å². The van der Waals surface area contributed by atoms with E-state index in [1.807, 2.05) is 0 Å². The number of carbonyl (C=O) groups excluding carboxylic acids is 3. The molecule has 0 fully saturated rings. The van der Waals surface area contributed by atoms with Gasteiger partial charge in [0.1, 0.15) is 13.2 Å². The highest BCUT2D eigenvalue weighted by molar-refractivity contribution is 5.71. The first kappa shape index (κ1) is 76.1. The van der Waals surface area contributed by atoms with Crippen molar-refractivity contribution in [1.82, 2.24) is 0 Å². The van der Waals surface area contributed by atoms with Gasteiger partial charge in [0.2, 0.25) is 0 Å². The summed E-state index contributed by atoms with van der Waals surface area (Å²) in [7, 11) is 0. The minimum Gasteiger partial charge on any atom is -0.462 e. The molecule has 0 saturated carbocycles. The monoisotopic (exact) mass is 1110 g/mol. The largest absolute Gasteiger partial charge is 0.462 e. The van der Waals surface area contributed by atoms with Crippen LogP contribution in [0.2, 0.25) is 0 Å². The summed E-state index contributed by atoms with van der Waals surface area (Å²) in [5, 5.41) is 0. The van der Waals surface area contributed by atoms with Gasteiger partial charge in [-0.3, -0.25) is 14.4 Å². The highest BCUT2D eigenvalue weighted by Crippen LogP contribution is 2.18. The summed E-state index contributed by atoms with van der Waals surface area (Å²) < 4.78 is 17.0. The molecule has 0 aliphatic carbocycles. The first-order chi connectivity index (χ1) is 39.0. The van der Waals surface area contributed by atoms with Gasteiger partial charge >= 0.3 is 17.9 Å². The molecule has 0 rings (SSSR count). The maximum atomic E-state index is 12.9. The van der Waals surface area contributed by atoms with E-state index in [0.717, 1.165) is 89.9 Å². The molecule has 0 amide bonds. The number of hydrogen-bond donors (Lipinski definition) is 0. The lowest BCUT2D eigenvalue weighted by Crippen LogP contribution is -2.30. The fourth-order valence-electron chi connectivity index (χ4n) is 10.2. The minimum absolute atomic E-state index is 0.0749. The van der Waals surface area contributed by atoms with Gasteiger partial charge in [0, 0.05) is 19.3 Å². The van der Waals surface area contributed by atoms with Crippen molar-refractivity contribution in [2.24, 2.45) is 0 Å². The van der Waals surface area contributed by atoms with Gasteiger partial charge in [-0.1, -0.05) is 319 Å². The van der Waals surface area contributed by atoms with E-state index >= 15 is 0 Å². The summed E-state index contributed by atoms with van der Waals surface area (Å²) in [5.74, 6) is -0.866. The zero-order valence-electron chi connectivity index (χ0n) is 52.9. The maximum Gasteiger partial charge on any atom is 0.306 e. The van der Waals surface area contributed by atoms with E-state index in [4.69, 9.17) is 14.2 Å². The number of carbonyl (C=O) groups is 3. The lowest BCUT2D eigenvalue weighted by molar-refractivity contribution is -0.167. The normalized spacial score (nSPS) is 12.4. The third kappa shape index (κ3) is 65.8. The molecule has 1 atom stereocenters. The molecule has 0 spiro atoms. The predicted molar refractivity (Wildman–Crippen MR) is 344 cm³/mol. The molecule has 1 unspecified atom stereocenters. The van der Waals surface area contributed by atoms with Crippen LogP contribution in [-0.2, 0) is 28.6 Å². The summed E-state index contributed by atoms with van der Waals surface area (Å²) in [6.07, 6.45) is 86.7. The van der Waals surface area contributed by atoms with E-state index in [1.54, 1.807) is 0 Å². The second-order valence-corrected chi connectivity index (χ2v) is 23.4. The third-order valence-electron chi connectivity index (χ3n) is 15.5. The molecule has 460 valence electrons. The number of esters is 3. The van der Waals surface area contributed by atoms with Crippen molar-refractivity contribution in [1.29, 1.82) is 0 Å². The van der Waals surface area contributed by atoms with Gasteiger partial charge in [-0.05, 0) is 89.9 Å². The molecular weight excluding hydrogens is 973 g/mol. The van der Waals surface area contributed by atoms with E-state index in [2.05, 4.69) is 81.5 Å². The summed E-state index contributed by atoms with van der Waals surface area (Å²) in [6.45, 7) is 6.65. The third-order valence-corrected chi connectivity index (χ3v) is 15.5. The van der Waals surface area contributed by atoms with Crippen molar-refractivity contribution in [2.75, 3.05) is 13.2 Å². The van der Waals surface area contributed by atoms with Crippen LogP contribution in [0.25, 0.3) is 0 Å². The van der Waals surface area contributed by atoms with Gasteiger partial charge in [-0.25, -0.2) is 0 Å². The zero-order valence-corrected chi connectivity index (χ0v) is 52.9. The van der Waals surface area contributed by atoms with E-state index < -0.39 is 6.10 Å². The van der Waals surface area contributed by atoms with Gasteiger partial charge in [0.05, 0.1) is 0 Å². The SMILES string of the molecule is CCCCC/C=C\C/C=C\CCCCCCCC(=O)OCC(COC(=O)CCCCCCCCCCCCCCCC/C=C\C/C=C\C/C=C\CCCCCCC)OC(=O)CCCCCCCCCCCCCCCCCCC. The van der Waals surface area contributed by atoms with Gasteiger partial charge < -0.3 is 14.2 Å². The van der Waals surface area contributed by atoms with Crippen molar-refractivity contribution in [2.45, 2.75) is 374 Å². The Morgan fingerprint density at radius 3 is 0.734 bits per heavy atom. The van der Waals surface area contributed by atoms with Crippen molar-refractivity contribution in [3.05, 3.63) is 60.8 Å². The molecule has 6 heteroatoms. The minimum atomic E-state index is -0.779. The molecule has 79 heavy (non-hydrogen) atoms. The van der Waals surface area contributed by atoms with Crippen molar-refractivity contribution in [3.63, 3.8) is 0 Å². The molecule has 0 aliphatic rings. The lowest BCUT2D eigenvalue weighted by atomic mass is 10.0. The standard InChI is InChI=1S/C73H132O6/c1-4-7-10-13-16-19-22-25-28-30-31-32-33-34-35-36-37-38-39-40-41-43-45-48-51-54-57-60-63-66-72(75)78-69-70(68-77-71(74)65-62-59-56-53-50-47-44-27-24-21-18-15-12-9-6-3)79-73(76)67-64-61-58-55-52-49-46-42-29-26-23-20-17-14-11-8-5-2/h18,21-22,25,27,30-31,33-34,44,70H,4-17,19-20,23-24,26,28-29,32,35-43,45-69H2,1-3H3/b21-18-,25-22-,31-30-,34-33-,44-27-. The fraction of sp³-hybridized carbons (Fsp3) is 0.822. The smallest absolute Gasteiger partial charge is 0.306 e. The summed E-state index contributed by atoms with van der Waals surface area (Å²) in [5.41, 5.74) is 0. The lowest BCUT2D eigenvalue weighted by Gasteiger charge is -2.18. The van der Waals surface area contributed by atoms with Crippen LogP contribution in [0.15, 0.2) is 60.8 Å². The molecule has 0 N–H and O–H groups in total. The van der Waals surface area contributed by atoms with Crippen LogP contribution in [0.4, 0.5) is 0 Å². The second kappa shape index (κ2) is 67.6. The molecule has 0 aliphatic heterocycles. The van der Waals surface area contributed by atoms with E-state index in [-0.39, 0.29) is 31.1 Å². The summed E-state index contributed by atoms with van der Waals surface area (Å²) >= 11 is 0. The van der Waals surface area contributed by atoms with Crippen LogP contribution < -0.4 is 0 Å². The molecule has 0 radical (unpaired) electrons. The highest BCUT2D eigenvalue weighted by Gasteiger charge is 2.19. The first-order valence-electron chi connectivity index (χ1n) is 34.8. The predicted octanol–water partition coefficient (Wildman–Crippen LogP) is 23.9. The van der Waals surface area contributed by atoms with Crippen molar-refractivity contribution >= 4 is 17.9 Å². The Bertz CT molecular complexity index is 1410. The molecule has 0 aromatic heterocycles. The highest BCUT2D eigenvalue weighted by atomic mass is 16.6. The number of unbranched alkanes of at least 4 members (excludes halogenated alkanes) is 43. The molecule has 0 aromatic rings. The van der Waals surface area contributed by atoms with E-state index in [9.17, 15) is 14.4 Å². The topological polar surface area (TPSA) is 78.9 Å². The van der Waals surface area contributed by atoms with Crippen molar-refractivity contribution in [3.8, 4) is 0 Å². The Morgan fingerprint density at radius 1 is 0.253 bits per heavy atom. The van der Waals surface area contributed by atoms with Crippen LogP contribution in [0.5, 0.6) is 0 Å². The molecular formula is C73H132O6. The number of ether oxygens (including phenoxy) is 3. The number of hydrogen-bond acceptors (Lipinski definition) is 6. The molecule has 0 aromatic carbocycles. The average molecular weight is 1110 g/mol. The Hall–Kier alpha value is -2.89. The summed E-state index contributed by atoms with van der Waals surface area (Å²) in [4.78, 5) is 38.4. The number of allylic oxidation sites excluding steroid dienone is 10. The van der Waals surface area contributed by atoms with Gasteiger partial charge in [-0.15, -0.1) is 0 Å². The van der Waals surface area contributed by atoms with Crippen LogP contribution in [0.1, 0.15) is 367 Å². The molecule has 0 bridgehead atoms. The van der Waals surface area contributed by atoms with Gasteiger partial charge in [-0.2, -0.15) is 0 Å². The molecule has 0 heterocycles. The zero-order chi connectivity index (χ0) is 57.1. The van der Waals surface area contributed by atoms with E-state index in [0.29, 0.717) is 19.3 Å². The fourth-order valence-corrected chi connectivity index (χ4v) is 10.2. The van der Waals surface area contributed by atoms with Gasteiger partial charge in [0.25, 0.3) is 0 Å². The van der Waals surface area contributed by atoms with Gasteiger partial charge in [0.15, 0.2) is 6.10 Å². The van der Waals surface area contributed by atoms with Crippen molar-refractivity contribution < 1.29 is 28.6 Å².